The molecule has 1 aromatic heterocycles. The predicted octanol–water partition coefficient (Wildman–Crippen LogP) is 3.52. The minimum Gasteiger partial charge on any atom is -0.493 e. The van der Waals surface area contributed by atoms with E-state index in [9.17, 15) is 9.59 Å². The van der Waals surface area contributed by atoms with Crippen LogP contribution in [0.3, 0.4) is 0 Å². The Kier molecular flexibility index (Phi) is 9.59. The molecule has 0 radical (unpaired) electrons. The number of hydrogen-bond acceptors (Lipinski definition) is 7. The minimum atomic E-state index is -0.354. The van der Waals surface area contributed by atoms with Crippen LogP contribution < -0.4 is 20.1 Å². The first kappa shape index (κ1) is 27.4. The fraction of sp³-hybridized carbons (Fsp3) is 0.483. The Hall–Kier alpha value is -3.59. The number of hydrogen-bond donors (Lipinski definition) is 2. The van der Waals surface area contributed by atoms with Crippen LogP contribution in [0.2, 0.25) is 0 Å². The quantitative estimate of drug-likeness (QED) is 0.351. The molecule has 38 heavy (non-hydrogen) atoms. The zero-order valence-corrected chi connectivity index (χ0v) is 22.5. The van der Waals surface area contributed by atoms with Gasteiger partial charge in [0.05, 0.1) is 38.8 Å². The van der Waals surface area contributed by atoms with Crippen LogP contribution in [0.25, 0.3) is 11.0 Å². The number of amides is 1. The number of aromatic nitrogens is 2. The largest absolute Gasteiger partial charge is 0.493 e. The van der Waals surface area contributed by atoms with Crippen LogP contribution in [-0.4, -0.2) is 62.4 Å². The Morgan fingerprint density at radius 2 is 1.82 bits per heavy atom. The molecule has 0 aliphatic carbocycles. The molecule has 9 nitrogen and oxygen atoms in total. The summed E-state index contributed by atoms with van der Waals surface area (Å²) < 4.78 is 17.8. The Bertz CT molecular complexity index is 1250. The third kappa shape index (κ3) is 6.83. The monoisotopic (exact) mass is 522 g/mol. The van der Waals surface area contributed by atoms with Crippen molar-refractivity contribution in [3.8, 4) is 11.5 Å². The van der Waals surface area contributed by atoms with Gasteiger partial charge in [-0.25, -0.2) is 4.98 Å². The molecule has 204 valence electrons. The Morgan fingerprint density at radius 1 is 1.03 bits per heavy atom. The number of carbonyl (C=O) groups excluding carboxylic acids is 2. The first-order valence-electron chi connectivity index (χ1n) is 13.3. The van der Waals surface area contributed by atoms with Crippen molar-refractivity contribution in [2.24, 2.45) is 5.92 Å². The number of imidazole rings is 1. The number of fused-ring (bicyclic) bond motifs is 1. The van der Waals surface area contributed by atoms with E-state index in [-0.39, 0.29) is 24.8 Å². The second kappa shape index (κ2) is 13.3. The summed E-state index contributed by atoms with van der Waals surface area (Å²) in [6, 6.07) is 11.6. The summed E-state index contributed by atoms with van der Waals surface area (Å²) in [7, 11) is 4.62. The van der Waals surface area contributed by atoms with E-state index < -0.39 is 0 Å². The Labute approximate surface area is 223 Å². The van der Waals surface area contributed by atoms with Gasteiger partial charge in [-0.05, 0) is 80.6 Å². The normalized spacial score (nSPS) is 13.9. The highest BCUT2D eigenvalue weighted by atomic mass is 16.5. The second-order valence-electron chi connectivity index (χ2n) is 9.64. The highest BCUT2D eigenvalue weighted by molar-refractivity contribution is 5.97. The van der Waals surface area contributed by atoms with Crippen molar-refractivity contribution in [3.63, 3.8) is 0 Å². The molecule has 3 aromatic rings. The predicted molar refractivity (Wildman–Crippen MR) is 146 cm³/mol. The maximum atomic E-state index is 12.7. The van der Waals surface area contributed by atoms with E-state index in [1.54, 1.807) is 14.2 Å². The number of piperidine rings is 1. The highest BCUT2D eigenvalue weighted by Crippen LogP contribution is 2.29. The summed E-state index contributed by atoms with van der Waals surface area (Å²) in [6.07, 6.45) is 5.33. The van der Waals surface area contributed by atoms with Crippen LogP contribution in [0.4, 0.5) is 0 Å². The molecule has 0 saturated carbocycles. The zero-order valence-electron chi connectivity index (χ0n) is 22.5. The molecule has 0 spiro atoms. The van der Waals surface area contributed by atoms with Crippen molar-refractivity contribution in [3.05, 3.63) is 53.3 Å². The lowest BCUT2D eigenvalue weighted by molar-refractivity contribution is -0.140. The lowest BCUT2D eigenvalue weighted by Gasteiger charge is -2.22. The van der Waals surface area contributed by atoms with E-state index >= 15 is 0 Å². The molecular weight excluding hydrogens is 484 g/mol. The fourth-order valence-corrected chi connectivity index (χ4v) is 5.02. The third-order valence-corrected chi connectivity index (χ3v) is 7.24. The smallest absolute Gasteiger partial charge is 0.307 e. The summed E-state index contributed by atoms with van der Waals surface area (Å²) in [4.78, 5) is 29.0. The van der Waals surface area contributed by atoms with Gasteiger partial charge in [0.2, 0.25) is 0 Å². The molecule has 0 unspecified atom stereocenters. The minimum absolute atomic E-state index is 0.135. The second-order valence-corrected chi connectivity index (χ2v) is 9.64. The zero-order chi connectivity index (χ0) is 26.9. The van der Waals surface area contributed by atoms with Crippen molar-refractivity contribution in [1.29, 1.82) is 0 Å². The average Bonchev–Trinajstić information content (AvgIpc) is 3.31. The van der Waals surface area contributed by atoms with Gasteiger partial charge in [0, 0.05) is 25.1 Å². The van der Waals surface area contributed by atoms with Gasteiger partial charge in [-0.1, -0.05) is 6.07 Å². The van der Waals surface area contributed by atoms with Crippen LogP contribution in [0, 0.1) is 5.92 Å². The summed E-state index contributed by atoms with van der Waals surface area (Å²) >= 11 is 0. The molecule has 9 heteroatoms. The van der Waals surface area contributed by atoms with Crippen LogP contribution in [-0.2, 0) is 28.9 Å². The van der Waals surface area contributed by atoms with E-state index in [2.05, 4.69) is 26.0 Å². The number of aryl methyl sites for hydroxylation is 3. The van der Waals surface area contributed by atoms with Gasteiger partial charge < -0.3 is 29.4 Å². The molecule has 0 atom stereocenters. The average molecular weight is 523 g/mol. The van der Waals surface area contributed by atoms with Crippen molar-refractivity contribution in [2.75, 3.05) is 41.0 Å². The number of carbonyl (C=O) groups is 2. The molecule has 1 aliphatic heterocycles. The van der Waals surface area contributed by atoms with Crippen molar-refractivity contribution < 1.29 is 23.8 Å². The standard InChI is InChI=1S/C29H38N4O5/c1-36-25-8-4-21(18-26(25)37-2)13-17-33-24-7-6-22(29(35)31-16-12-28(34)38-3)19-23(24)32-27(33)9-5-20-10-14-30-15-11-20/h4,6-8,18-20,30H,5,9-17H2,1-3H3,(H,31,35). The third-order valence-electron chi connectivity index (χ3n) is 7.24. The molecule has 0 bridgehead atoms. The van der Waals surface area contributed by atoms with E-state index in [1.807, 2.05) is 30.3 Å². The molecule has 2 aromatic carbocycles. The van der Waals surface area contributed by atoms with Gasteiger partial charge in [0.25, 0.3) is 5.91 Å². The number of ether oxygens (including phenoxy) is 3. The number of esters is 1. The molecule has 4 rings (SSSR count). The summed E-state index contributed by atoms with van der Waals surface area (Å²) in [5.74, 6) is 2.59. The molecule has 2 N–H and O–H groups in total. The van der Waals surface area contributed by atoms with E-state index in [4.69, 9.17) is 14.5 Å². The van der Waals surface area contributed by atoms with Crippen molar-refractivity contribution >= 4 is 22.9 Å². The van der Waals surface area contributed by atoms with Crippen LogP contribution in [0.15, 0.2) is 36.4 Å². The molecular formula is C29H38N4O5. The topological polar surface area (TPSA) is 104 Å². The number of nitrogens with zero attached hydrogens (tertiary/aromatic N) is 2. The lowest BCUT2D eigenvalue weighted by atomic mass is 9.93. The van der Waals surface area contributed by atoms with Crippen LogP contribution in [0.5, 0.6) is 11.5 Å². The summed E-state index contributed by atoms with van der Waals surface area (Å²) in [6.45, 7) is 3.15. The maximum Gasteiger partial charge on any atom is 0.307 e. The molecule has 1 aliphatic rings. The molecule has 2 heterocycles. The van der Waals surface area contributed by atoms with Gasteiger partial charge in [-0.2, -0.15) is 0 Å². The van der Waals surface area contributed by atoms with Crippen molar-refractivity contribution in [2.45, 2.75) is 45.1 Å². The molecule has 1 amide bonds. The number of benzene rings is 2. The van der Waals surface area contributed by atoms with Crippen LogP contribution in [0.1, 0.15) is 47.4 Å². The Balaban J connectivity index is 1.54. The van der Waals surface area contributed by atoms with Gasteiger partial charge >= 0.3 is 5.97 Å². The van der Waals surface area contributed by atoms with Crippen LogP contribution >= 0.6 is 0 Å². The van der Waals surface area contributed by atoms with Crippen molar-refractivity contribution in [1.82, 2.24) is 20.2 Å². The van der Waals surface area contributed by atoms with Gasteiger partial charge in [0.15, 0.2) is 11.5 Å². The summed E-state index contributed by atoms with van der Waals surface area (Å²) in [5.41, 5.74) is 3.49. The van der Waals surface area contributed by atoms with E-state index in [0.29, 0.717) is 17.2 Å². The summed E-state index contributed by atoms with van der Waals surface area (Å²) in [5, 5.41) is 6.22. The highest BCUT2D eigenvalue weighted by Gasteiger charge is 2.18. The molecule has 1 saturated heterocycles. The first-order chi connectivity index (χ1) is 18.5. The number of nitrogens with one attached hydrogen (secondary N) is 2. The number of methoxy groups -OCH3 is 3. The maximum absolute atomic E-state index is 12.7. The van der Waals surface area contributed by atoms with Gasteiger partial charge in [-0.3, -0.25) is 9.59 Å². The van der Waals surface area contributed by atoms with Gasteiger partial charge in [-0.15, -0.1) is 0 Å². The lowest BCUT2D eigenvalue weighted by Crippen LogP contribution is -2.28. The number of rotatable bonds is 12. The van der Waals surface area contributed by atoms with E-state index in [0.717, 1.165) is 67.1 Å². The van der Waals surface area contributed by atoms with E-state index in [1.165, 1.54) is 20.0 Å². The fourth-order valence-electron chi connectivity index (χ4n) is 5.02. The molecule has 1 fully saturated rings. The SMILES string of the molecule is COC(=O)CCNC(=O)c1ccc2c(c1)nc(CCC1CCNCC1)n2CCc1ccc(OC)c(OC)c1. The van der Waals surface area contributed by atoms with Gasteiger partial charge in [0.1, 0.15) is 5.82 Å². The first-order valence-corrected chi connectivity index (χ1v) is 13.3. The Morgan fingerprint density at radius 3 is 2.55 bits per heavy atom.